The number of nitrogens with zero attached hydrogens (tertiary/aromatic N) is 5. The fourth-order valence-electron chi connectivity index (χ4n) is 4.34. The highest BCUT2D eigenvalue weighted by Crippen LogP contribution is 2.42. The Morgan fingerprint density at radius 1 is 1.15 bits per heavy atom. The van der Waals surface area contributed by atoms with E-state index in [4.69, 9.17) is 14.2 Å². The molecule has 216 valence electrons. The van der Waals surface area contributed by atoms with Gasteiger partial charge in [0.15, 0.2) is 5.82 Å². The molecule has 0 bridgehead atoms. The minimum Gasteiger partial charge on any atom is -0.476 e. The predicted octanol–water partition coefficient (Wildman–Crippen LogP) is 4.15. The summed E-state index contributed by atoms with van der Waals surface area (Å²) >= 11 is 0. The number of aromatic nitrogens is 5. The van der Waals surface area contributed by atoms with E-state index in [1.165, 1.54) is 11.8 Å². The second-order valence-corrected chi connectivity index (χ2v) is 19.1. The first-order chi connectivity index (χ1) is 18.8. The highest BCUT2D eigenvalue weighted by molar-refractivity contribution is 7.90. The van der Waals surface area contributed by atoms with Crippen molar-refractivity contribution in [3.05, 3.63) is 36.2 Å². The van der Waals surface area contributed by atoms with Crippen molar-refractivity contribution in [3.63, 3.8) is 0 Å². The largest absolute Gasteiger partial charge is 0.476 e. The quantitative estimate of drug-likeness (QED) is 0.173. The van der Waals surface area contributed by atoms with Crippen LogP contribution in [0.25, 0.3) is 22.6 Å². The van der Waals surface area contributed by atoms with E-state index in [1.807, 2.05) is 19.1 Å². The molecule has 1 aliphatic rings. The van der Waals surface area contributed by atoms with Gasteiger partial charge < -0.3 is 14.2 Å². The van der Waals surface area contributed by atoms with Gasteiger partial charge in [-0.25, -0.2) is 18.1 Å². The summed E-state index contributed by atoms with van der Waals surface area (Å²) in [6.07, 6.45) is 6.86. The van der Waals surface area contributed by atoms with Gasteiger partial charge in [-0.05, 0) is 43.5 Å². The molecule has 11 nitrogen and oxygen atoms in total. The summed E-state index contributed by atoms with van der Waals surface area (Å²) in [7, 11) is -3.49. The lowest BCUT2D eigenvalue weighted by Crippen LogP contribution is -2.44. The maximum absolute atomic E-state index is 12.3. The van der Waals surface area contributed by atoms with E-state index in [1.54, 1.807) is 18.5 Å². The van der Waals surface area contributed by atoms with Gasteiger partial charge in [0.05, 0.1) is 12.8 Å². The van der Waals surface area contributed by atoms with Crippen molar-refractivity contribution in [2.24, 2.45) is 5.41 Å². The number of rotatable bonds is 12. The Hall–Kier alpha value is -3.16. The molecule has 0 aromatic carbocycles. The fraction of sp³-hybridized carbons (Fsp3) is 0.519. The number of aryl methyl sites for hydroxylation is 1. The topological polar surface area (TPSA) is 135 Å². The van der Waals surface area contributed by atoms with Crippen molar-refractivity contribution in [3.8, 4) is 28.5 Å². The van der Waals surface area contributed by atoms with Crippen molar-refractivity contribution in [2.45, 2.75) is 63.8 Å². The van der Waals surface area contributed by atoms with Gasteiger partial charge in [-0.1, -0.05) is 26.1 Å². The molecule has 13 heteroatoms. The molecule has 3 heterocycles. The van der Waals surface area contributed by atoms with Crippen LogP contribution in [0.3, 0.4) is 0 Å². The molecule has 4 rings (SSSR count). The van der Waals surface area contributed by atoms with E-state index in [-0.39, 0.29) is 30.3 Å². The van der Waals surface area contributed by atoms with E-state index in [9.17, 15) is 13.2 Å². The number of hydrogen-bond donors (Lipinski definition) is 0. The Morgan fingerprint density at radius 2 is 1.90 bits per heavy atom. The number of carbonyl (C=O) groups excluding carboxylic acids is 1. The van der Waals surface area contributed by atoms with Crippen LogP contribution in [0.2, 0.25) is 25.7 Å². The van der Waals surface area contributed by atoms with E-state index >= 15 is 0 Å². The van der Waals surface area contributed by atoms with Crippen LogP contribution in [-0.4, -0.2) is 73.8 Å². The molecule has 0 radical (unpaired) electrons. The van der Waals surface area contributed by atoms with Crippen molar-refractivity contribution in [1.29, 1.82) is 0 Å². The number of esters is 1. The van der Waals surface area contributed by atoms with Gasteiger partial charge in [0.2, 0.25) is 20.9 Å². The number of pyridine rings is 2. The van der Waals surface area contributed by atoms with Gasteiger partial charge in [0.1, 0.15) is 18.8 Å². The maximum atomic E-state index is 12.3. The normalized spacial score (nSPS) is 14.9. The molecule has 0 atom stereocenters. The lowest BCUT2D eigenvalue weighted by atomic mass is 9.69. The second kappa shape index (κ2) is 11.8. The van der Waals surface area contributed by atoms with Crippen LogP contribution in [0, 0.1) is 12.3 Å². The zero-order chi connectivity index (χ0) is 29.1. The van der Waals surface area contributed by atoms with Gasteiger partial charge in [0, 0.05) is 50.5 Å². The van der Waals surface area contributed by atoms with Crippen LogP contribution in [0.4, 0.5) is 0 Å². The summed E-state index contributed by atoms with van der Waals surface area (Å²) in [5, 5.41) is 4.25. The minimum atomic E-state index is -3.61. The van der Waals surface area contributed by atoms with Gasteiger partial charge in [0.25, 0.3) is 0 Å². The number of methoxy groups -OCH3 is 1. The first kappa shape index (κ1) is 29.8. The molecule has 0 amide bonds. The molecule has 0 N–H and O–H groups in total. The van der Waals surface area contributed by atoms with Gasteiger partial charge in [-0.2, -0.15) is 4.98 Å². The molecular formula is C27H37N5O6SSi. The van der Waals surface area contributed by atoms with Crippen molar-refractivity contribution in [1.82, 2.24) is 24.7 Å². The Bertz CT molecular complexity index is 1460. The Balaban J connectivity index is 1.47. The lowest BCUT2D eigenvalue weighted by Gasteiger charge is -2.38. The summed E-state index contributed by atoms with van der Waals surface area (Å²) in [5.41, 5.74) is 2.40. The summed E-state index contributed by atoms with van der Waals surface area (Å²) < 4.78 is 42.5. The molecule has 0 unspecified atom stereocenters. The SMILES string of the molecule is COC(=O)C1(COc2cc(C)c(-c3ccc(-c4nc(S(C)(=O)=O)n(COCC[Si](C)(C)C)n4)cn3)cn2)CCC1. The first-order valence-corrected chi connectivity index (χ1v) is 18.8. The van der Waals surface area contributed by atoms with Crippen LogP contribution >= 0.6 is 0 Å². The second-order valence-electron chi connectivity index (χ2n) is 11.5. The highest BCUT2D eigenvalue weighted by atomic mass is 32.2. The first-order valence-electron chi connectivity index (χ1n) is 13.2. The molecule has 3 aromatic rings. The summed E-state index contributed by atoms with van der Waals surface area (Å²) in [6, 6.07) is 6.38. The van der Waals surface area contributed by atoms with Crippen molar-refractivity contribution < 1.29 is 27.4 Å². The third-order valence-electron chi connectivity index (χ3n) is 6.99. The van der Waals surface area contributed by atoms with Crippen LogP contribution in [0.1, 0.15) is 24.8 Å². The third-order valence-corrected chi connectivity index (χ3v) is 9.66. The van der Waals surface area contributed by atoms with Gasteiger partial charge in [-0.3, -0.25) is 9.78 Å². The van der Waals surface area contributed by atoms with Gasteiger partial charge in [-0.15, -0.1) is 5.10 Å². The average Bonchev–Trinajstić information content (AvgIpc) is 3.30. The number of hydrogen-bond acceptors (Lipinski definition) is 10. The molecule has 1 saturated carbocycles. The Morgan fingerprint density at radius 3 is 2.45 bits per heavy atom. The summed E-state index contributed by atoms with van der Waals surface area (Å²) in [4.78, 5) is 25.4. The molecule has 0 aliphatic heterocycles. The number of carbonyl (C=O) groups is 1. The molecule has 0 spiro atoms. The zero-order valence-electron chi connectivity index (χ0n) is 23.9. The predicted molar refractivity (Wildman–Crippen MR) is 152 cm³/mol. The van der Waals surface area contributed by atoms with E-state index in [2.05, 4.69) is 39.7 Å². The average molecular weight is 588 g/mol. The molecule has 0 saturated heterocycles. The monoisotopic (exact) mass is 587 g/mol. The Labute approximate surface area is 236 Å². The van der Waals surface area contributed by atoms with Crippen LogP contribution in [0.5, 0.6) is 5.88 Å². The zero-order valence-corrected chi connectivity index (χ0v) is 25.7. The van der Waals surface area contributed by atoms with Crippen LogP contribution < -0.4 is 4.74 Å². The van der Waals surface area contributed by atoms with E-state index in [0.717, 1.165) is 42.7 Å². The Kier molecular flexibility index (Phi) is 8.76. The smallest absolute Gasteiger partial charge is 0.315 e. The molecule has 3 aromatic heterocycles. The van der Waals surface area contributed by atoms with Crippen molar-refractivity contribution in [2.75, 3.05) is 26.6 Å². The van der Waals surface area contributed by atoms with Gasteiger partial charge >= 0.3 is 5.97 Å². The number of ether oxygens (including phenoxy) is 3. The van der Waals surface area contributed by atoms with Crippen LogP contribution in [0.15, 0.2) is 35.7 Å². The van der Waals surface area contributed by atoms with E-state index < -0.39 is 23.3 Å². The molecule has 1 fully saturated rings. The number of sulfone groups is 1. The third kappa shape index (κ3) is 6.94. The van der Waals surface area contributed by atoms with Crippen molar-refractivity contribution >= 4 is 23.9 Å². The van der Waals surface area contributed by atoms with E-state index in [0.29, 0.717) is 23.7 Å². The minimum absolute atomic E-state index is 0.00539. The molecule has 40 heavy (non-hydrogen) atoms. The summed E-state index contributed by atoms with van der Waals surface area (Å²) in [6.45, 7) is 9.46. The maximum Gasteiger partial charge on any atom is 0.315 e. The summed E-state index contributed by atoms with van der Waals surface area (Å²) in [5.74, 6) is 0.444. The molecule has 1 aliphatic carbocycles. The fourth-order valence-corrected chi connectivity index (χ4v) is 5.83. The highest BCUT2D eigenvalue weighted by Gasteiger charge is 2.46. The molecular weight excluding hydrogens is 550 g/mol. The standard InChI is InChI=1S/C27H37N5O6SSi/c1-19-14-23(38-17-27(10-7-11-27)25(33)36-2)29-16-21(19)22-9-8-20(15-28-22)24-30-26(39(3,34)35)32(31-24)18-37-12-13-40(4,5)6/h8-9,14-16H,7,10-13,17-18H2,1-6H3. The lowest BCUT2D eigenvalue weighted by molar-refractivity contribution is -0.161. The van der Waals surface area contributed by atoms with Crippen LogP contribution in [-0.2, 0) is 30.8 Å².